The van der Waals surface area contributed by atoms with Gasteiger partial charge in [-0.3, -0.25) is 4.79 Å². The lowest BCUT2D eigenvalue weighted by molar-refractivity contribution is -0.198. The molecule has 2 saturated heterocycles. The number of benzene rings is 1. The molecule has 4 nitrogen and oxygen atoms in total. The summed E-state index contributed by atoms with van der Waals surface area (Å²) in [5.41, 5.74) is 0.624. The number of carbonyl (C=O) groups excluding carboxylic acids is 1. The highest BCUT2D eigenvalue weighted by Gasteiger charge is 2.45. The number of halogens is 1. The van der Waals surface area contributed by atoms with Crippen LogP contribution in [0.4, 0.5) is 4.39 Å². The highest BCUT2D eigenvalue weighted by molar-refractivity contribution is 5.76. The van der Waals surface area contributed by atoms with E-state index in [1.807, 2.05) is 11.0 Å². The minimum atomic E-state index is -0.606. The normalized spacial score (nSPS) is 22.7. The third kappa shape index (κ3) is 3.68. The molecule has 2 heterocycles. The molecular formula is C19H24FNO3. The second-order valence-electron chi connectivity index (χ2n) is 6.43. The van der Waals surface area contributed by atoms with Gasteiger partial charge in [0.25, 0.3) is 0 Å². The lowest BCUT2D eigenvalue weighted by Gasteiger charge is -2.43. The van der Waals surface area contributed by atoms with E-state index < -0.39 is 5.79 Å². The lowest BCUT2D eigenvalue weighted by atomic mass is 9.90. The van der Waals surface area contributed by atoms with Crippen molar-refractivity contribution in [2.24, 2.45) is 0 Å². The van der Waals surface area contributed by atoms with Gasteiger partial charge in [0, 0.05) is 31.8 Å². The van der Waals surface area contributed by atoms with Crippen LogP contribution in [0.2, 0.25) is 0 Å². The maximum atomic E-state index is 14.1. The molecule has 0 unspecified atom stereocenters. The fraction of sp³-hybridized carbons (Fsp3) is 0.526. The summed E-state index contributed by atoms with van der Waals surface area (Å²) >= 11 is 0. The lowest BCUT2D eigenvalue weighted by Crippen LogP contribution is -2.54. The summed E-state index contributed by atoms with van der Waals surface area (Å²) in [7, 11) is 0. The van der Waals surface area contributed by atoms with Gasteiger partial charge in [-0.2, -0.15) is 0 Å². The van der Waals surface area contributed by atoms with Crippen LogP contribution in [0.3, 0.4) is 0 Å². The van der Waals surface area contributed by atoms with Crippen molar-refractivity contribution in [1.82, 2.24) is 4.90 Å². The van der Waals surface area contributed by atoms with Crippen molar-refractivity contribution in [3.8, 4) is 0 Å². The molecule has 0 radical (unpaired) electrons. The number of hydrogen-bond acceptors (Lipinski definition) is 3. The molecule has 1 aromatic carbocycles. The van der Waals surface area contributed by atoms with E-state index in [1.54, 1.807) is 18.2 Å². The van der Waals surface area contributed by atoms with Gasteiger partial charge in [-0.15, -0.1) is 6.58 Å². The second-order valence-corrected chi connectivity index (χ2v) is 6.43. The SMILES string of the molecule is C=CCCC(=O)N1CCC2(C[C@H]1Cc1ccccc1F)OCCO2. The predicted octanol–water partition coefficient (Wildman–Crippen LogP) is 3.07. The topological polar surface area (TPSA) is 38.8 Å². The average molecular weight is 333 g/mol. The number of piperidine rings is 1. The molecule has 2 aliphatic rings. The number of carbonyl (C=O) groups is 1. The number of amides is 1. The Morgan fingerprint density at radius 3 is 2.83 bits per heavy atom. The Hall–Kier alpha value is -1.72. The van der Waals surface area contributed by atoms with Gasteiger partial charge >= 0.3 is 0 Å². The Labute approximate surface area is 142 Å². The smallest absolute Gasteiger partial charge is 0.223 e. The number of likely N-dealkylation sites (tertiary alicyclic amines) is 1. The molecule has 5 heteroatoms. The van der Waals surface area contributed by atoms with Crippen molar-refractivity contribution in [1.29, 1.82) is 0 Å². The first kappa shape index (κ1) is 17.1. The molecule has 0 bridgehead atoms. The summed E-state index contributed by atoms with van der Waals surface area (Å²) in [5.74, 6) is -0.751. The second kappa shape index (κ2) is 7.45. The zero-order valence-corrected chi connectivity index (χ0v) is 13.9. The zero-order chi connectivity index (χ0) is 17.0. The van der Waals surface area contributed by atoms with Crippen molar-refractivity contribution in [2.45, 2.75) is 43.9 Å². The molecule has 24 heavy (non-hydrogen) atoms. The van der Waals surface area contributed by atoms with Crippen LogP contribution < -0.4 is 0 Å². The van der Waals surface area contributed by atoms with Crippen molar-refractivity contribution < 1.29 is 18.7 Å². The standard InChI is InChI=1S/C19H24FNO3/c1-2-3-8-18(22)21-10-9-19(23-11-12-24-19)14-16(21)13-15-6-4-5-7-17(15)20/h2,4-7,16H,1,3,8-14H2/t16-/m1/s1. The molecule has 0 aliphatic carbocycles. The first-order valence-corrected chi connectivity index (χ1v) is 8.55. The van der Waals surface area contributed by atoms with Crippen LogP contribution in [0.15, 0.2) is 36.9 Å². The summed E-state index contributed by atoms with van der Waals surface area (Å²) in [4.78, 5) is 14.4. The molecule has 1 atom stereocenters. The van der Waals surface area contributed by atoms with Gasteiger partial charge < -0.3 is 14.4 Å². The van der Waals surface area contributed by atoms with E-state index >= 15 is 0 Å². The van der Waals surface area contributed by atoms with E-state index in [9.17, 15) is 9.18 Å². The summed E-state index contributed by atoms with van der Waals surface area (Å²) in [6.45, 7) is 5.41. The maximum absolute atomic E-state index is 14.1. The van der Waals surface area contributed by atoms with E-state index in [-0.39, 0.29) is 17.8 Å². The van der Waals surface area contributed by atoms with Gasteiger partial charge in [0.2, 0.25) is 5.91 Å². The highest BCUT2D eigenvalue weighted by Crippen LogP contribution is 2.36. The van der Waals surface area contributed by atoms with Crippen LogP contribution in [-0.2, 0) is 20.7 Å². The van der Waals surface area contributed by atoms with Crippen molar-refractivity contribution in [3.05, 3.63) is 48.3 Å². The third-order valence-corrected chi connectivity index (χ3v) is 4.83. The number of nitrogens with zero attached hydrogens (tertiary/aromatic N) is 1. The van der Waals surface area contributed by atoms with Crippen LogP contribution in [0.1, 0.15) is 31.2 Å². The van der Waals surface area contributed by atoms with Crippen LogP contribution in [0.5, 0.6) is 0 Å². The molecule has 0 aromatic heterocycles. The molecule has 1 aromatic rings. The average Bonchev–Trinajstić information content (AvgIpc) is 3.03. The predicted molar refractivity (Wildman–Crippen MR) is 88.9 cm³/mol. The fourth-order valence-corrected chi connectivity index (χ4v) is 3.60. The van der Waals surface area contributed by atoms with Crippen molar-refractivity contribution in [2.75, 3.05) is 19.8 Å². The third-order valence-electron chi connectivity index (χ3n) is 4.83. The van der Waals surface area contributed by atoms with E-state index in [2.05, 4.69) is 6.58 Å². The Kier molecular flexibility index (Phi) is 5.31. The van der Waals surface area contributed by atoms with Crippen molar-refractivity contribution in [3.63, 3.8) is 0 Å². The number of allylic oxidation sites excluding steroid dienone is 1. The largest absolute Gasteiger partial charge is 0.347 e. The van der Waals surface area contributed by atoms with Gasteiger partial charge in [-0.05, 0) is 24.5 Å². The quantitative estimate of drug-likeness (QED) is 0.778. The minimum absolute atomic E-state index is 0.0871. The molecular weight excluding hydrogens is 309 g/mol. The zero-order valence-electron chi connectivity index (χ0n) is 13.9. The van der Waals surface area contributed by atoms with E-state index in [0.29, 0.717) is 57.4 Å². The van der Waals surface area contributed by atoms with Crippen molar-refractivity contribution >= 4 is 5.91 Å². The monoisotopic (exact) mass is 333 g/mol. The molecule has 0 N–H and O–H groups in total. The first-order chi connectivity index (χ1) is 11.6. The molecule has 2 aliphatic heterocycles. The summed E-state index contributed by atoms with van der Waals surface area (Å²) in [6.07, 6.45) is 4.56. The van der Waals surface area contributed by atoms with Gasteiger partial charge in [-0.1, -0.05) is 24.3 Å². The van der Waals surface area contributed by atoms with Gasteiger partial charge in [-0.25, -0.2) is 4.39 Å². The molecule has 130 valence electrons. The molecule has 1 amide bonds. The van der Waals surface area contributed by atoms with E-state index in [4.69, 9.17) is 9.47 Å². The summed E-state index contributed by atoms with van der Waals surface area (Å²) < 4.78 is 25.7. The Morgan fingerprint density at radius 2 is 2.12 bits per heavy atom. The Balaban J connectivity index is 1.78. The fourth-order valence-electron chi connectivity index (χ4n) is 3.60. The minimum Gasteiger partial charge on any atom is -0.347 e. The van der Waals surface area contributed by atoms with Crippen LogP contribution in [0.25, 0.3) is 0 Å². The molecule has 1 spiro atoms. The van der Waals surface area contributed by atoms with Gasteiger partial charge in [0.15, 0.2) is 5.79 Å². The molecule has 3 rings (SSSR count). The van der Waals surface area contributed by atoms with Gasteiger partial charge in [0.1, 0.15) is 5.82 Å². The highest BCUT2D eigenvalue weighted by atomic mass is 19.1. The summed E-state index contributed by atoms with van der Waals surface area (Å²) in [6, 6.07) is 6.62. The van der Waals surface area contributed by atoms with Crippen LogP contribution in [0, 0.1) is 5.82 Å². The number of hydrogen-bond donors (Lipinski definition) is 0. The Morgan fingerprint density at radius 1 is 1.38 bits per heavy atom. The number of rotatable bonds is 5. The number of ether oxygens (including phenoxy) is 2. The van der Waals surface area contributed by atoms with E-state index in [0.717, 1.165) is 0 Å². The van der Waals surface area contributed by atoms with E-state index in [1.165, 1.54) is 6.07 Å². The van der Waals surface area contributed by atoms with Crippen LogP contribution in [-0.4, -0.2) is 42.4 Å². The molecule has 2 fully saturated rings. The van der Waals surface area contributed by atoms with Crippen LogP contribution >= 0.6 is 0 Å². The maximum Gasteiger partial charge on any atom is 0.223 e. The molecule has 0 saturated carbocycles. The summed E-state index contributed by atoms with van der Waals surface area (Å²) in [5, 5.41) is 0. The van der Waals surface area contributed by atoms with Gasteiger partial charge in [0.05, 0.1) is 13.2 Å². The first-order valence-electron chi connectivity index (χ1n) is 8.55. The Bertz CT molecular complexity index is 598.